The lowest BCUT2D eigenvalue weighted by Crippen LogP contribution is -2.26. The van der Waals surface area contributed by atoms with Gasteiger partial charge in [-0.05, 0) is 42.9 Å². The largest absolute Gasteiger partial charge is 0.327 e. The molecule has 1 nitrogen and oxygen atoms in total. The Bertz CT molecular complexity index is 296. The van der Waals surface area contributed by atoms with Gasteiger partial charge in [0.2, 0.25) is 0 Å². The highest BCUT2D eigenvalue weighted by molar-refractivity contribution is 9.10. The van der Waals surface area contributed by atoms with Crippen LogP contribution in [-0.2, 0) is 6.42 Å². The van der Waals surface area contributed by atoms with Crippen LogP contribution >= 0.6 is 15.9 Å². The molecule has 1 unspecified atom stereocenters. The van der Waals surface area contributed by atoms with Crippen LogP contribution < -0.4 is 5.73 Å². The molecule has 1 aromatic rings. The molecule has 0 aliphatic carbocycles. The third-order valence-electron chi connectivity index (χ3n) is 2.75. The van der Waals surface area contributed by atoms with Crippen molar-refractivity contribution in [1.29, 1.82) is 0 Å². The average molecular weight is 270 g/mol. The Morgan fingerprint density at radius 3 is 2.67 bits per heavy atom. The summed E-state index contributed by atoms with van der Waals surface area (Å²) in [5.74, 6) is 0.590. The molecule has 2 heteroatoms. The summed E-state index contributed by atoms with van der Waals surface area (Å²) in [7, 11) is 0. The lowest BCUT2D eigenvalue weighted by molar-refractivity contribution is 0.452. The monoisotopic (exact) mass is 269 g/mol. The van der Waals surface area contributed by atoms with Crippen LogP contribution in [0.15, 0.2) is 28.7 Å². The molecule has 0 bridgehead atoms. The fourth-order valence-electron chi connectivity index (χ4n) is 1.57. The third kappa shape index (κ3) is 4.80. The highest BCUT2D eigenvalue weighted by Crippen LogP contribution is 2.14. The van der Waals surface area contributed by atoms with Crippen LogP contribution in [-0.4, -0.2) is 6.04 Å². The van der Waals surface area contributed by atoms with Crippen molar-refractivity contribution in [1.82, 2.24) is 0 Å². The fraction of sp³-hybridized carbons (Fsp3) is 0.538. The molecular weight excluding hydrogens is 250 g/mol. The van der Waals surface area contributed by atoms with Crippen molar-refractivity contribution in [3.05, 3.63) is 34.3 Å². The molecular formula is C13H20BrN. The van der Waals surface area contributed by atoms with Crippen molar-refractivity contribution in [2.24, 2.45) is 11.7 Å². The molecule has 0 radical (unpaired) electrons. The quantitative estimate of drug-likeness (QED) is 0.866. The van der Waals surface area contributed by atoms with Gasteiger partial charge in [0.05, 0.1) is 0 Å². The van der Waals surface area contributed by atoms with E-state index in [2.05, 4.69) is 54.0 Å². The van der Waals surface area contributed by atoms with E-state index in [1.807, 2.05) is 0 Å². The summed E-state index contributed by atoms with van der Waals surface area (Å²) < 4.78 is 1.16. The third-order valence-corrected chi connectivity index (χ3v) is 3.24. The highest BCUT2D eigenvalue weighted by Gasteiger charge is 2.06. The smallest absolute Gasteiger partial charge is 0.0177 e. The van der Waals surface area contributed by atoms with E-state index in [9.17, 15) is 0 Å². The van der Waals surface area contributed by atoms with Crippen molar-refractivity contribution < 1.29 is 0 Å². The second-order valence-electron chi connectivity index (χ2n) is 4.43. The van der Waals surface area contributed by atoms with Crippen molar-refractivity contribution >= 4 is 15.9 Å². The first-order valence-electron chi connectivity index (χ1n) is 5.59. The lowest BCUT2D eigenvalue weighted by atomic mass is 9.98. The molecule has 0 aliphatic rings. The summed E-state index contributed by atoms with van der Waals surface area (Å²) >= 11 is 3.48. The predicted molar refractivity (Wildman–Crippen MR) is 69.9 cm³/mol. The van der Waals surface area contributed by atoms with Crippen LogP contribution in [0.3, 0.4) is 0 Å². The SMILES string of the molecule is CC(C)C(N)CCCc1cccc(Br)c1. The molecule has 0 heterocycles. The summed E-state index contributed by atoms with van der Waals surface area (Å²) in [6.45, 7) is 4.37. The van der Waals surface area contributed by atoms with E-state index >= 15 is 0 Å². The van der Waals surface area contributed by atoms with Crippen LogP contribution in [0.1, 0.15) is 32.3 Å². The molecule has 15 heavy (non-hydrogen) atoms. The van der Waals surface area contributed by atoms with E-state index in [1.54, 1.807) is 0 Å². The van der Waals surface area contributed by atoms with E-state index in [-0.39, 0.29) is 0 Å². The second kappa shape index (κ2) is 6.29. The van der Waals surface area contributed by atoms with Gasteiger partial charge in [-0.2, -0.15) is 0 Å². The zero-order valence-electron chi connectivity index (χ0n) is 9.54. The number of aryl methyl sites for hydroxylation is 1. The van der Waals surface area contributed by atoms with E-state index in [4.69, 9.17) is 5.73 Å². The maximum atomic E-state index is 6.00. The number of nitrogens with two attached hydrogens (primary N) is 1. The first-order valence-corrected chi connectivity index (χ1v) is 6.39. The summed E-state index contributed by atoms with van der Waals surface area (Å²) in [6.07, 6.45) is 3.42. The van der Waals surface area contributed by atoms with Gasteiger partial charge in [-0.3, -0.25) is 0 Å². The van der Waals surface area contributed by atoms with Gasteiger partial charge < -0.3 is 5.73 Å². The van der Waals surface area contributed by atoms with Gasteiger partial charge in [-0.15, -0.1) is 0 Å². The molecule has 84 valence electrons. The van der Waals surface area contributed by atoms with Crippen LogP contribution in [0.2, 0.25) is 0 Å². The first kappa shape index (κ1) is 12.7. The van der Waals surface area contributed by atoms with E-state index in [1.165, 1.54) is 12.0 Å². The van der Waals surface area contributed by atoms with Crippen molar-refractivity contribution in [2.45, 2.75) is 39.2 Å². The van der Waals surface area contributed by atoms with Gasteiger partial charge in [0.25, 0.3) is 0 Å². The molecule has 1 atom stereocenters. The Kier molecular flexibility index (Phi) is 5.34. The maximum Gasteiger partial charge on any atom is 0.0177 e. The normalized spacial score (nSPS) is 13.1. The molecule has 0 amide bonds. The standard InChI is InChI=1S/C13H20BrN/c1-10(2)13(15)8-4-6-11-5-3-7-12(14)9-11/h3,5,7,9-10,13H,4,6,8,15H2,1-2H3. The van der Waals surface area contributed by atoms with Gasteiger partial charge in [-0.1, -0.05) is 41.9 Å². The van der Waals surface area contributed by atoms with E-state index in [0.29, 0.717) is 12.0 Å². The molecule has 0 saturated heterocycles. The average Bonchev–Trinajstić information content (AvgIpc) is 2.17. The number of rotatable bonds is 5. The fourth-order valence-corrected chi connectivity index (χ4v) is 2.01. The summed E-state index contributed by atoms with van der Waals surface area (Å²) in [5.41, 5.74) is 7.39. The summed E-state index contributed by atoms with van der Waals surface area (Å²) in [5, 5.41) is 0. The molecule has 0 aliphatic heterocycles. The lowest BCUT2D eigenvalue weighted by Gasteiger charge is -2.14. The Balaban J connectivity index is 2.32. The van der Waals surface area contributed by atoms with Crippen molar-refractivity contribution in [2.75, 3.05) is 0 Å². The highest BCUT2D eigenvalue weighted by atomic mass is 79.9. The number of halogens is 1. The molecule has 1 aromatic carbocycles. The maximum absolute atomic E-state index is 6.00. The minimum Gasteiger partial charge on any atom is -0.327 e. The van der Waals surface area contributed by atoms with Gasteiger partial charge in [0.15, 0.2) is 0 Å². The van der Waals surface area contributed by atoms with Gasteiger partial charge in [0.1, 0.15) is 0 Å². The minimum absolute atomic E-state index is 0.345. The van der Waals surface area contributed by atoms with Gasteiger partial charge in [-0.25, -0.2) is 0 Å². The van der Waals surface area contributed by atoms with E-state index < -0.39 is 0 Å². The Morgan fingerprint density at radius 1 is 1.33 bits per heavy atom. The Hall–Kier alpha value is -0.340. The van der Waals surface area contributed by atoms with Crippen LogP contribution in [0.5, 0.6) is 0 Å². The molecule has 0 aromatic heterocycles. The minimum atomic E-state index is 0.345. The molecule has 0 spiro atoms. The Morgan fingerprint density at radius 2 is 2.07 bits per heavy atom. The zero-order chi connectivity index (χ0) is 11.3. The van der Waals surface area contributed by atoms with Gasteiger partial charge in [0, 0.05) is 10.5 Å². The summed E-state index contributed by atoms with van der Waals surface area (Å²) in [4.78, 5) is 0. The zero-order valence-corrected chi connectivity index (χ0v) is 11.1. The molecule has 1 rings (SSSR count). The van der Waals surface area contributed by atoms with Crippen molar-refractivity contribution in [3.63, 3.8) is 0 Å². The number of benzene rings is 1. The Labute approximate surface area is 101 Å². The molecule has 0 saturated carbocycles. The predicted octanol–water partition coefficient (Wildman–Crippen LogP) is 3.76. The van der Waals surface area contributed by atoms with Gasteiger partial charge >= 0.3 is 0 Å². The number of hydrogen-bond donors (Lipinski definition) is 1. The molecule has 2 N–H and O–H groups in total. The van der Waals surface area contributed by atoms with Crippen molar-refractivity contribution in [3.8, 4) is 0 Å². The van der Waals surface area contributed by atoms with Crippen LogP contribution in [0.25, 0.3) is 0 Å². The topological polar surface area (TPSA) is 26.0 Å². The first-order chi connectivity index (χ1) is 7.09. The summed E-state index contributed by atoms with van der Waals surface area (Å²) in [6, 6.07) is 8.84. The molecule has 0 fully saturated rings. The van der Waals surface area contributed by atoms with Crippen LogP contribution in [0, 0.1) is 5.92 Å². The van der Waals surface area contributed by atoms with Crippen LogP contribution in [0.4, 0.5) is 0 Å². The van der Waals surface area contributed by atoms with E-state index in [0.717, 1.165) is 17.3 Å². The second-order valence-corrected chi connectivity index (χ2v) is 5.35. The number of hydrogen-bond acceptors (Lipinski definition) is 1.